The number of non-ortho nitro benzene ring substituents is 1. The van der Waals surface area contributed by atoms with E-state index in [1.165, 1.54) is 41.8 Å². The molecule has 0 atom stereocenters. The first kappa shape index (κ1) is 11.5. The van der Waals surface area contributed by atoms with Crippen LogP contribution in [0, 0.1) is 21.4 Å². The topological polar surface area (TPSA) is 92.7 Å². The Bertz CT molecular complexity index is 592. The largest absolute Gasteiger partial charge is 0.270 e. The second kappa shape index (κ2) is 4.90. The highest BCUT2D eigenvalue weighted by molar-refractivity contribution is 8.01. The van der Waals surface area contributed by atoms with Crippen molar-refractivity contribution < 1.29 is 4.92 Å². The van der Waals surface area contributed by atoms with Gasteiger partial charge in [-0.1, -0.05) is 11.8 Å². The first-order valence-electron chi connectivity index (χ1n) is 4.34. The van der Waals surface area contributed by atoms with Crippen LogP contribution in [0.5, 0.6) is 0 Å². The Hall–Kier alpha value is -1.98. The number of nitriles is 1. The molecule has 0 saturated carbocycles. The Morgan fingerprint density at radius 1 is 1.53 bits per heavy atom. The number of hydrogen-bond acceptors (Lipinski definition) is 7. The maximum Gasteiger partial charge on any atom is 0.270 e. The van der Waals surface area contributed by atoms with Crippen LogP contribution < -0.4 is 0 Å². The van der Waals surface area contributed by atoms with Gasteiger partial charge in [-0.15, -0.1) is 0 Å². The maximum absolute atomic E-state index is 10.6. The summed E-state index contributed by atoms with van der Waals surface area (Å²) in [5, 5.41) is 19.5. The molecule has 0 aliphatic heterocycles. The van der Waals surface area contributed by atoms with E-state index in [-0.39, 0.29) is 11.3 Å². The summed E-state index contributed by atoms with van der Waals surface area (Å²) in [5.74, 6) is 0. The third-order valence-electron chi connectivity index (χ3n) is 1.83. The molecule has 0 aliphatic carbocycles. The minimum absolute atomic E-state index is 0.0943. The molecule has 2 rings (SSSR count). The van der Waals surface area contributed by atoms with Gasteiger partial charge in [0.25, 0.3) is 5.69 Å². The van der Waals surface area contributed by atoms with E-state index in [2.05, 4.69) is 9.36 Å². The van der Waals surface area contributed by atoms with E-state index in [0.717, 1.165) is 0 Å². The summed E-state index contributed by atoms with van der Waals surface area (Å²) < 4.78 is 4.53. The van der Waals surface area contributed by atoms with E-state index >= 15 is 0 Å². The van der Waals surface area contributed by atoms with Gasteiger partial charge in [0.1, 0.15) is 12.4 Å². The summed E-state index contributed by atoms with van der Waals surface area (Å²) in [5.41, 5.74) is 0.169. The Labute approximate surface area is 104 Å². The summed E-state index contributed by atoms with van der Waals surface area (Å²) in [6.07, 6.45) is 1.42. The lowest BCUT2D eigenvalue weighted by molar-refractivity contribution is -0.384. The molecule has 6 nitrogen and oxygen atoms in total. The van der Waals surface area contributed by atoms with Gasteiger partial charge in [0.2, 0.25) is 0 Å². The first-order valence-corrected chi connectivity index (χ1v) is 5.93. The van der Waals surface area contributed by atoms with E-state index in [1.54, 1.807) is 6.07 Å². The van der Waals surface area contributed by atoms with Gasteiger partial charge in [-0.25, -0.2) is 4.98 Å². The molecule has 0 aliphatic rings. The monoisotopic (exact) mass is 264 g/mol. The number of hydrogen-bond donors (Lipinski definition) is 0. The zero-order chi connectivity index (χ0) is 12.3. The van der Waals surface area contributed by atoms with E-state index in [9.17, 15) is 10.1 Å². The molecule has 8 heteroatoms. The number of rotatable bonds is 3. The van der Waals surface area contributed by atoms with Gasteiger partial charge in [-0.05, 0) is 17.6 Å². The standard InChI is InChI=1S/C9H4N4O2S2/c10-4-6-3-7(13(14)15)1-2-8(6)16-9-11-5-12-17-9/h1-3,5H. The van der Waals surface area contributed by atoms with Crippen LogP contribution in [0.25, 0.3) is 0 Å². The highest BCUT2D eigenvalue weighted by Crippen LogP contribution is 2.32. The van der Waals surface area contributed by atoms with Crippen LogP contribution in [0.4, 0.5) is 5.69 Å². The number of nitro groups is 1. The Morgan fingerprint density at radius 2 is 2.35 bits per heavy atom. The molecule has 84 valence electrons. The lowest BCUT2D eigenvalue weighted by Crippen LogP contribution is -1.90. The lowest BCUT2D eigenvalue weighted by Gasteiger charge is -2.00. The fraction of sp³-hybridized carbons (Fsp3) is 0. The van der Waals surface area contributed by atoms with E-state index in [1.807, 2.05) is 6.07 Å². The van der Waals surface area contributed by atoms with Crippen molar-refractivity contribution in [2.24, 2.45) is 0 Å². The summed E-state index contributed by atoms with van der Waals surface area (Å²) in [6, 6.07) is 6.10. The van der Waals surface area contributed by atoms with Crippen LogP contribution in [0.2, 0.25) is 0 Å². The molecule has 17 heavy (non-hydrogen) atoms. The van der Waals surface area contributed by atoms with Crippen LogP contribution in [0.15, 0.2) is 33.8 Å². The quantitative estimate of drug-likeness (QED) is 0.624. The molecule has 0 radical (unpaired) electrons. The molecular formula is C9H4N4O2S2. The summed E-state index contributed by atoms with van der Waals surface area (Å²) in [4.78, 5) is 14.6. The minimum atomic E-state index is -0.528. The predicted molar refractivity (Wildman–Crippen MR) is 61.8 cm³/mol. The number of nitro benzene ring substituents is 1. The number of aromatic nitrogens is 2. The van der Waals surface area contributed by atoms with E-state index in [0.29, 0.717) is 9.24 Å². The van der Waals surface area contributed by atoms with Crippen LogP contribution >= 0.6 is 23.3 Å². The fourth-order valence-corrected chi connectivity index (χ4v) is 2.57. The van der Waals surface area contributed by atoms with Crippen LogP contribution in [0.3, 0.4) is 0 Å². The van der Waals surface area contributed by atoms with Gasteiger partial charge >= 0.3 is 0 Å². The molecule has 0 bridgehead atoms. The number of nitrogens with zero attached hydrogens (tertiary/aromatic N) is 4. The van der Waals surface area contributed by atoms with E-state index in [4.69, 9.17) is 5.26 Å². The minimum Gasteiger partial charge on any atom is -0.258 e. The maximum atomic E-state index is 10.6. The smallest absolute Gasteiger partial charge is 0.258 e. The zero-order valence-corrected chi connectivity index (χ0v) is 9.86. The van der Waals surface area contributed by atoms with Gasteiger partial charge in [0.05, 0.1) is 10.5 Å². The molecule has 1 heterocycles. The van der Waals surface area contributed by atoms with Crippen molar-refractivity contribution in [1.82, 2.24) is 9.36 Å². The Balaban J connectivity index is 2.35. The van der Waals surface area contributed by atoms with Gasteiger partial charge in [-0.3, -0.25) is 10.1 Å². The molecular weight excluding hydrogens is 260 g/mol. The molecule has 0 unspecified atom stereocenters. The Morgan fingerprint density at radius 3 is 2.94 bits per heavy atom. The average molecular weight is 264 g/mol. The van der Waals surface area contributed by atoms with Gasteiger partial charge < -0.3 is 0 Å². The second-order valence-corrected chi connectivity index (χ2v) is 4.93. The lowest BCUT2D eigenvalue weighted by atomic mass is 10.2. The molecule has 1 aromatic carbocycles. The number of benzene rings is 1. The predicted octanol–water partition coefficient (Wildman–Crippen LogP) is 2.47. The fourth-order valence-electron chi connectivity index (χ4n) is 1.11. The van der Waals surface area contributed by atoms with Crippen molar-refractivity contribution in [2.45, 2.75) is 9.24 Å². The van der Waals surface area contributed by atoms with Crippen LogP contribution in [-0.2, 0) is 0 Å². The van der Waals surface area contributed by atoms with Crippen molar-refractivity contribution in [3.63, 3.8) is 0 Å². The summed E-state index contributed by atoms with van der Waals surface area (Å²) in [7, 11) is 0. The summed E-state index contributed by atoms with van der Waals surface area (Å²) >= 11 is 2.47. The molecule has 0 N–H and O–H groups in total. The van der Waals surface area contributed by atoms with Crippen molar-refractivity contribution in [2.75, 3.05) is 0 Å². The molecule has 0 saturated heterocycles. The second-order valence-electron chi connectivity index (χ2n) is 2.86. The normalized spacial score (nSPS) is 9.82. The summed E-state index contributed by atoms with van der Waals surface area (Å²) in [6.45, 7) is 0. The molecule has 0 spiro atoms. The van der Waals surface area contributed by atoms with Crippen molar-refractivity contribution in [1.29, 1.82) is 5.26 Å². The molecule has 0 amide bonds. The van der Waals surface area contributed by atoms with Crippen molar-refractivity contribution in [3.8, 4) is 6.07 Å². The molecule has 2 aromatic rings. The highest BCUT2D eigenvalue weighted by atomic mass is 32.2. The highest BCUT2D eigenvalue weighted by Gasteiger charge is 2.12. The molecule has 0 fully saturated rings. The van der Waals surface area contributed by atoms with Crippen LogP contribution in [0.1, 0.15) is 5.56 Å². The SMILES string of the molecule is N#Cc1cc([N+](=O)[O-])ccc1Sc1ncns1. The average Bonchev–Trinajstić information content (AvgIpc) is 2.82. The van der Waals surface area contributed by atoms with Crippen molar-refractivity contribution in [3.05, 3.63) is 40.2 Å². The van der Waals surface area contributed by atoms with E-state index < -0.39 is 4.92 Å². The van der Waals surface area contributed by atoms with Gasteiger partial charge in [-0.2, -0.15) is 9.64 Å². The molecule has 1 aromatic heterocycles. The van der Waals surface area contributed by atoms with Crippen LogP contribution in [-0.4, -0.2) is 14.3 Å². The van der Waals surface area contributed by atoms with Gasteiger partial charge in [0.15, 0.2) is 4.34 Å². The Kier molecular flexibility index (Phi) is 3.32. The first-order chi connectivity index (χ1) is 8.20. The van der Waals surface area contributed by atoms with Crippen molar-refractivity contribution >= 4 is 29.0 Å². The third-order valence-corrected chi connectivity index (χ3v) is 3.62. The third kappa shape index (κ3) is 2.58. The zero-order valence-electron chi connectivity index (χ0n) is 8.23. The van der Waals surface area contributed by atoms with Gasteiger partial charge in [0, 0.05) is 17.0 Å².